The molecule has 1 aliphatic heterocycles. The number of hydrogen-bond donors (Lipinski definition) is 1. The number of nitrogens with one attached hydrogen (secondary N) is 1. The first-order valence-corrected chi connectivity index (χ1v) is 8.46. The molecule has 0 aromatic rings. The summed E-state index contributed by atoms with van der Waals surface area (Å²) in [5.41, 5.74) is 1.53. The maximum absolute atomic E-state index is 6.30. The number of ether oxygens (including phenoxy) is 2. The molecule has 1 unspecified atom stereocenters. The van der Waals surface area contributed by atoms with Crippen molar-refractivity contribution in [3.63, 3.8) is 0 Å². The first-order chi connectivity index (χ1) is 9.82. The van der Waals surface area contributed by atoms with Crippen LogP contribution in [0, 0.1) is 0 Å². The van der Waals surface area contributed by atoms with Gasteiger partial charge in [0, 0.05) is 32.7 Å². The number of allylic oxidation sites excluding steroid dienone is 1. The van der Waals surface area contributed by atoms with Crippen LogP contribution in [0.5, 0.6) is 0 Å². The van der Waals surface area contributed by atoms with Crippen LogP contribution >= 0.6 is 0 Å². The molecule has 2 aliphatic rings. The summed E-state index contributed by atoms with van der Waals surface area (Å²) in [6, 6.07) is 0.381. The Morgan fingerprint density at radius 1 is 1.30 bits per heavy atom. The Kier molecular flexibility index (Phi) is 6.53. The molecule has 1 fully saturated rings. The molecule has 2 rings (SSSR count). The maximum Gasteiger partial charge on any atom is 0.0916 e. The van der Waals surface area contributed by atoms with Gasteiger partial charge in [-0.3, -0.25) is 0 Å². The van der Waals surface area contributed by atoms with Gasteiger partial charge in [0.2, 0.25) is 0 Å². The summed E-state index contributed by atoms with van der Waals surface area (Å²) < 4.78 is 11.9. The van der Waals surface area contributed by atoms with Gasteiger partial charge in [-0.05, 0) is 45.6 Å². The Balaban J connectivity index is 2.18. The number of hydrogen-bond acceptors (Lipinski definition) is 3. The summed E-state index contributed by atoms with van der Waals surface area (Å²) in [6.45, 7) is 7.87. The molecule has 20 heavy (non-hydrogen) atoms. The first-order valence-electron chi connectivity index (χ1n) is 8.46. The molecule has 1 saturated heterocycles. The molecule has 3 heteroatoms. The van der Waals surface area contributed by atoms with Crippen LogP contribution in [-0.2, 0) is 9.47 Å². The van der Waals surface area contributed by atoms with E-state index in [9.17, 15) is 0 Å². The van der Waals surface area contributed by atoms with E-state index in [2.05, 4.69) is 25.2 Å². The zero-order valence-electron chi connectivity index (χ0n) is 13.2. The van der Waals surface area contributed by atoms with E-state index < -0.39 is 0 Å². The molecule has 1 atom stereocenters. The normalized spacial score (nSPS) is 24.2. The Morgan fingerprint density at radius 3 is 2.70 bits per heavy atom. The van der Waals surface area contributed by atoms with E-state index in [1.807, 2.05) is 0 Å². The van der Waals surface area contributed by atoms with Crippen LogP contribution in [0.15, 0.2) is 11.6 Å². The molecule has 3 nitrogen and oxygen atoms in total. The van der Waals surface area contributed by atoms with Crippen LogP contribution < -0.4 is 5.32 Å². The Labute approximate surface area is 124 Å². The van der Waals surface area contributed by atoms with Crippen molar-refractivity contribution in [1.82, 2.24) is 5.32 Å². The smallest absolute Gasteiger partial charge is 0.0916 e. The zero-order chi connectivity index (χ0) is 14.3. The van der Waals surface area contributed by atoms with Crippen molar-refractivity contribution >= 4 is 0 Å². The molecule has 0 aromatic heterocycles. The predicted octanol–water partition coefficient (Wildman–Crippen LogP) is 3.44. The van der Waals surface area contributed by atoms with E-state index in [0.717, 1.165) is 39.2 Å². The molecule has 1 heterocycles. The minimum absolute atomic E-state index is 0.0503. The van der Waals surface area contributed by atoms with Crippen molar-refractivity contribution in [2.45, 2.75) is 70.4 Å². The van der Waals surface area contributed by atoms with Crippen LogP contribution in [0.1, 0.15) is 58.8 Å². The van der Waals surface area contributed by atoms with Gasteiger partial charge in [0.05, 0.1) is 11.6 Å². The average molecular weight is 281 g/mol. The molecule has 0 aromatic carbocycles. The lowest BCUT2D eigenvalue weighted by Gasteiger charge is -2.45. The van der Waals surface area contributed by atoms with Gasteiger partial charge in [-0.25, -0.2) is 0 Å². The summed E-state index contributed by atoms with van der Waals surface area (Å²) in [5.74, 6) is 0. The van der Waals surface area contributed by atoms with Gasteiger partial charge >= 0.3 is 0 Å². The van der Waals surface area contributed by atoms with E-state index in [4.69, 9.17) is 9.47 Å². The first kappa shape index (κ1) is 16.0. The van der Waals surface area contributed by atoms with Gasteiger partial charge in [-0.15, -0.1) is 0 Å². The fourth-order valence-electron chi connectivity index (χ4n) is 3.59. The average Bonchev–Trinajstić information content (AvgIpc) is 2.50. The maximum atomic E-state index is 6.30. The van der Waals surface area contributed by atoms with E-state index in [-0.39, 0.29) is 5.60 Å². The van der Waals surface area contributed by atoms with Crippen LogP contribution in [0.3, 0.4) is 0 Å². The molecule has 1 N–H and O–H groups in total. The van der Waals surface area contributed by atoms with Gasteiger partial charge in [0.15, 0.2) is 0 Å². The molecule has 0 saturated carbocycles. The minimum Gasteiger partial charge on any atom is -0.381 e. The topological polar surface area (TPSA) is 30.5 Å². The number of rotatable bonds is 7. The molecule has 0 radical (unpaired) electrons. The van der Waals surface area contributed by atoms with Crippen molar-refractivity contribution in [1.29, 1.82) is 0 Å². The van der Waals surface area contributed by atoms with Crippen molar-refractivity contribution in [3.8, 4) is 0 Å². The monoisotopic (exact) mass is 281 g/mol. The summed E-state index contributed by atoms with van der Waals surface area (Å²) in [5, 5.41) is 3.79. The third kappa shape index (κ3) is 3.84. The molecular formula is C17H31NO2. The lowest BCUT2D eigenvalue weighted by Crippen LogP contribution is -2.56. The van der Waals surface area contributed by atoms with Gasteiger partial charge in [-0.1, -0.05) is 18.6 Å². The van der Waals surface area contributed by atoms with Gasteiger partial charge in [0.25, 0.3) is 0 Å². The highest BCUT2D eigenvalue weighted by atomic mass is 16.5. The van der Waals surface area contributed by atoms with Crippen LogP contribution in [-0.4, -0.2) is 38.0 Å². The molecule has 116 valence electrons. The third-order valence-electron chi connectivity index (χ3n) is 4.59. The van der Waals surface area contributed by atoms with Crippen LogP contribution in [0.2, 0.25) is 0 Å². The molecule has 0 amide bonds. The summed E-state index contributed by atoms with van der Waals surface area (Å²) in [7, 11) is 0. The second-order valence-corrected chi connectivity index (χ2v) is 6.02. The predicted molar refractivity (Wildman–Crippen MR) is 83.0 cm³/mol. The standard InChI is InChI=1S/C17H31NO2/c1-3-12-18-16(15-8-6-5-7-9-15)17(20-4-2)10-13-19-14-11-17/h8,16,18H,3-7,9-14H2,1-2H3. The minimum atomic E-state index is -0.0503. The lowest BCUT2D eigenvalue weighted by molar-refractivity contribution is -0.120. The van der Waals surface area contributed by atoms with E-state index in [1.54, 1.807) is 5.57 Å². The third-order valence-corrected chi connectivity index (χ3v) is 4.59. The van der Waals surface area contributed by atoms with Crippen molar-refractivity contribution in [2.24, 2.45) is 0 Å². The van der Waals surface area contributed by atoms with Gasteiger partial charge in [0.1, 0.15) is 0 Å². The van der Waals surface area contributed by atoms with Crippen LogP contribution in [0.4, 0.5) is 0 Å². The largest absolute Gasteiger partial charge is 0.381 e. The van der Waals surface area contributed by atoms with E-state index in [1.165, 1.54) is 32.1 Å². The quantitative estimate of drug-likeness (QED) is 0.725. The Bertz CT molecular complexity index is 303. The van der Waals surface area contributed by atoms with Crippen molar-refractivity contribution in [2.75, 3.05) is 26.4 Å². The van der Waals surface area contributed by atoms with Crippen molar-refractivity contribution < 1.29 is 9.47 Å². The molecule has 1 aliphatic carbocycles. The zero-order valence-corrected chi connectivity index (χ0v) is 13.2. The SMILES string of the molecule is CCCNC(C1=CCCCC1)C1(OCC)CCOCC1. The summed E-state index contributed by atoms with van der Waals surface area (Å²) in [4.78, 5) is 0. The van der Waals surface area contributed by atoms with Crippen LogP contribution in [0.25, 0.3) is 0 Å². The van der Waals surface area contributed by atoms with Gasteiger partial charge in [-0.2, -0.15) is 0 Å². The van der Waals surface area contributed by atoms with E-state index >= 15 is 0 Å². The second-order valence-electron chi connectivity index (χ2n) is 6.02. The van der Waals surface area contributed by atoms with Crippen molar-refractivity contribution in [3.05, 3.63) is 11.6 Å². The molecule has 0 spiro atoms. The van der Waals surface area contributed by atoms with E-state index in [0.29, 0.717) is 6.04 Å². The highest BCUT2D eigenvalue weighted by molar-refractivity contribution is 5.20. The molecular weight excluding hydrogens is 250 g/mol. The Morgan fingerprint density at radius 2 is 2.10 bits per heavy atom. The Hall–Kier alpha value is -0.380. The highest BCUT2D eigenvalue weighted by Crippen LogP contribution is 2.35. The van der Waals surface area contributed by atoms with Gasteiger partial charge < -0.3 is 14.8 Å². The highest BCUT2D eigenvalue weighted by Gasteiger charge is 2.42. The fourth-order valence-corrected chi connectivity index (χ4v) is 3.59. The summed E-state index contributed by atoms with van der Waals surface area (Å²) in [6.07, 6.45) is 10.8. The lowest BCUT2D eigenvalue weighted by atomic mass is 9.78. The summed E-state index contributed by atoms with van der Waals surface area (Å²) >= 11 is 0. The fraction of sp³-hybridized carbons (Fsp3) is 0.882. The molecule has 0 bridgehead atoms. The second kappa shape index (κ2) is 8.16.